The number of cyclic esters (lactones) is 1. The molecule has 0 saturated heterocycles. The topological polar surface area (TPSA) is 26.3 Å². The zero-order valence-electron chi connectivity index (χ0n) is 9.96. The maximum Gasteiger partial charge on any atom is 0.339 e. The molecule has 17 heavy (non-hydrogen) atoms. The van der Waals surface area contributed by atoms with Crippen molar-refractivity contribution in [1.29, 1.82) is 0 Å². The molecular formula is C13H15ClO2S. The van der Waals surface area contributed by atoms with Crippen LogP contribution in [0.1, 0.15) is 36.2 Å². The first kappa shape index (κ1) is 12.8. The Kier molecular flexibility index (Phi) is 4.00. The minimum Gasteiger partial charge on any atom is -0.459 e. The Morgan fingerprint density at radius 3 is 3.00 bits per heavy atom. The van der Waals surface area contributed by atoms with Crippen molar-refractivity contribution in [2.45, 2.75) is 37.7 Å². The van der Waals surface area contributed by atoms with Crippen LogP contribution in [0.15, 0.2) is 17.0 Å². The number of carbonyl (C=O) groups excluding carboxylic acids is 1. The summed E-state index contributed by atoms with van der Waals surface area (Å²) < 4.78 is 5.28. The summed E-state index contributed by atoms with van der Waals surface area (Å²) in [5.41, 5.74) is 1.62. The van der Waals surface area contributed by atoms with Crippen molar-refractivity contribution < 1.29 is 9.53 Å². The summed E-state index contributed by atoms with van der Waals surface area (Å²) >= 11 is 7.85. The number of ether oxygens (including phenoxy) is 1. The number of hydrogen-bond acceptors (Lipinski definition) is 3. The lowest BCUT2D eigenvalue weighted by molar-refractivity contribution is 0.0296. The van der Waals surface area contributed by atoms with E-state index >= 15 is 0 Å². The predicted molar refractivity (Wildman–Crippen MR) is 71.0 cm³/mol. The van der Waals surface area contributed by atoms with E-state index in [1.165, 1.54) is 0 Å². The van der Waals surface area contributed by atoms with Gasteiger partial charge in [0.05, 0.1) is 5.56 Å². The normalized spacial score (nSPS) is 18.8. The maximum absolute atomic E-state index is 11.9. The van der Waals surface area contributed by atoms with E-state index in [0.717, 1.165) is 22.6 Å². The molecule has 0 amide bonds. The van der Waals surface area contributed by atoms with Gasteiger partial charge in [0.15, 0.2) is 0 Å². The molecule has 0 N–H and O–H groups in total. The monoisotopic (exact) mass is 270 g/mol. The Hall–Kier alpha value is -0.670. The second-order valence-electron chi connectivity index (χ2n) is 4.17. The van der Waals surface area contributed by atoms with Crippen molar-refractivity contribution in [1.82, 2.24) is 0 Å². The molecule has 92 valence electrons. The lowest BCUT2D eigenvalue weighted by Crippen LogP contribution is -2.26. The average molecular weight is 271 g/mol. The summed E-state index contributed by atoms with van der Waals surface area (Å²) in [6, 6.07) is 3.79. The number of thioether (sulfide) groups is 1. The molecule has 2 rings (SSSR count). The molecule has 0 bridgehead atoms. The summed E-state index contributed by atoms with van der Waals surface area (Å²) in [7, 11) is 0. The van der Waals surface area contributed by atoms with Gasteiger partial charge in [-0.1, -0.05) is 18.5 Å². The van der Waals surface area contributed by atoms with E-state index in [9.17, 15) is 4.79 Å². The average Bonchev–Trinajstić information content (AvgIpc) is 2.28. The number of rotatable bonds is 3. The second-order valence-corrected chi connectivity index (χ2v) is 5.71. The number of halogens is 1. The third kappa shape index (κ3) is 2.61. The molecule has 1 aromatic carbocycles. The third-order valence-electron chi connectivity index (χ3n) is 2.68. The lowest BCUT2D eigenvalue weighted by Gasteiger charge is -2.24. The lowest BCUT2D eigenvalue weighted by atomic mass is 9.99. The van der Waals surface area contributed by atoms with Gasteiger partial charge in [-0.15, -0.1) is 11.8 Å². The largest absolute Gasteiger partial charge is 0.459 e. The first-order valence-corrected chi connectivity index (χ1v) is 7.15. The number of carbonyl (C=O) groups is 1. The van der Waals surface area contributed by atoms with Gasteiger partial charge in [-0.25, -0.2) is 4.79 Å². The molecule has 0 aromatic heterocycles. The van der Waals surface area contributed by atoms with E-state index in [4.69, 9.17) is 16.3 Å². The minimum atomic E-state index is -0.236. The van der Waals surface area contributed by atoms with Crippen LogP contribution < -0.4 is 0 Å². The van der Waals surface area contributed by atoms with Crippen LogP contribution in [0, 0.1) is 0 Å². The first-order valence-electron chi connectivity index (χ1n) is 5.78. The van der Waals surface area contributed by atoms with E-state index in [1.807, 2.05) is 19.1 Å². The Morgan fingerprint density at radius 2 is 2.29 bits per heavy atom. The van der Waals surface area contributed by atoms with Crippen LogP contribution in [0.3, 0.4) is 0 Å². The summed E-state index contributed by atoms with van der Waals surface area (Å²) in [6.45, 7) is 4.01. The van der Waals surface area contributed by atoms with Crippen LogP contribution in [-0.4, -0.2) is 17.8 Å². The standard InChI is InChI=1S/C13H15ClO2S/c1-3-6-17-11-5-4-10(14)9-7-8(2)16-13(15)12(9)11/h4-5,8H,3,6-7H2,1-2H3. The SMILES string of the molecule is CCCSc1ccc(Cl)c2c1C(=O)OC(C)C2. The van der Waals surface area contributed by atoms with Crippen LogP contribution in [-0.2, 0) is 11.2 Å². The molecule has 0 aliphatic carbocycles. The molecule has 2 nitrogen and oxygen atoms in total. The Bertz CT molecular complexity index is 445. The molecule has 0 saturated carbocycles. The summed E-state index contributed by atoms with van der Waals surface area (Å²) in [5, 5.41) is 0.671. The molecule has 1 atom stereocenters. The number of fused-ring (bicyclic) bond motifs is 1. The van der Waals surface area contributed by atoms with Gasteiger partial charge in [-0.3, -0.25) is 0 Å². The fraction of sp³-hybridized carbons (Fsp3) is 0.462. The molecule has 1 unspecified atom stereocenters. The molecule has 1 heterocycles. The van der Waals surface area contributed by atoms with Crippen LogP contribution >= 0.6 is 23.4 Å². The quantitative estimate of drug-likeness (QED) is 0.615. The van der Waals surface area contributed by atoms with E-state index in [0.29, 0.717) is 17.0 Å². The minimum absolute atomic E-state index is 0.0843. The van der Waals surface area contributed by atoms with Crippen molar-refractivity contribution in [3.8, 4) is 0 Å². The van der Waals surface area contributed by atoms with Crippen molar-refractivity contribution in [3.63, 3.8) is 0 Å². The Balaban J connectivity index is 2.43. The number of hydrogen-bond donors (Lipinski definition) is 0. The number of benzene rings is 1. The van der Waals surface area contributed by atoms with E-state index in [2.05, 4.69) is 6.92 Å². The highest BCUT2D eigenvalue weighted by molar-refractivity contribution is 7.99. The van der Waals surface area contributed by atoms with Crippen molar-refractivity contribution in [2.75, 3.05) is 5.75 Å². The molecule has 0 fully saturated rings. The fourth-order valence-electron chi connectivity index (χ4n) is 1.93. The van der Waals surface area contributed by atoms with E-state index in [1.54, 1.807) is 11.8 Å². The second kappa shape index (κ2) is 5.32. The summed E-state index contributed by atoms with van der Waals surface area (Å²) in [4.78, 5) is 12.9. The third-order valence-corrected chi connectivity index (χ3v) is 4.30. The summed E-state index contributed by atoms with van der Waals surface area (Å²) in [5.74, 6) is 0.761. The molecule has 0 spiro atoms. The van der Waals surface area contributed by atoms with Crippen molar-refractivity contribution in [2.24, 2.45) is 0 Å². The molecule has 1 aliphatic rings. The van der Waals surface area contributed by atoms with Crippen molar-refractivity contribution in [3.05, 3.63) is 28.3 Å². The number of esters is 1. The highest BCUT2D eigenvalue weighted by atomic mass is 35.5. The zero-order chi connectivity index (χ0) is 12.4. The van der Waals surface area contributed by atoms with Gasteiger partial charge in [-0.05, 0) is 36.8 Å². The van der Waals surface area contributed by atoms with Gasteiger partial charge in [0.25, 0.3) is 0 Å². The molecule has 4 heteroatoms. The van der Waals surface area contributed by atoms with Gasteiger partial charge in [0.1, 0.15) is 6.10 Å². The summed E-state index contributed by atoms with van der Waals surface area (Å²) in [6.07, 6.45) is 1.70. The van der Waals surface area contributed by atoms with Crippen LogP contribution in [0.5, 0.6) is 0 Å². The predicted octanol–water partition coefficient (Wildman–Crippen LogP) is 3.94. The van der Waals surface area contributed by atoms with Gasteiger partial charge < -0.3 is 4.74 Å². The first-order chi connectivity index (χ1) is 8.13. The van der Waals surface area contributed by atoms with E-state index in [-0.39, 0.29) is 12.1 Å². The molecule has 1 aromatic rings. The van der Waals surface area contributed by atoms with Crippen LogP contribution in [0.25, 0.3) is 0 Å². The molecule has 0 radical (unpaired) electrons. The van der Waals surface area contributed by atoms with Crippen molar-refractivity contribution >= 4 is 29.3 Å². The van der Waals surface area contributed by atoms with Gasteiger partial charge in [0.2, 0.25) is 0 Å². The van der Waals surface area contributed by atoms with Gasteiger partial charge in [0, 0.05) is 16.3 Å². The maximum atomic E-state index is 11.9. The smallest absolute Gasteiger partial charge is 0.339 e. The van der Waals surface area contributed by atoms with Gasteiger partial charge >= 0.3 is 5.97 Å². The van der Waals surface area contributed by atoms with Crippen LogP contribution in [0.4, 0.5) is 0 Å². The molecule has 1 aliphatic heterocycles. The fourth-order valence-corrected chi connectivity index (χ4v) is 3.10. The molecular weight excluding hydrogens is 256 g/mol. The highest BCUT2D eigenvalue weighted by Gasteiger charge is 2.28. The Morgan fingerprint density at radius 1 is 1.53 bits per heavy atom. The highest BCUT2D eigenvalue weighted by Crippen LogP contribution is 2.35. The van der Waals surface area contributed by atoms with E-state index < -0.39 is 0 Å². The van der Waals surface area contributed by atoms with Gasteiger partial charge in [-0.2, -0.15) is 0 Å². The zero-order valence-corrected chi connectivity index (χ0v) is 11.5. The van der Waals surface area contributed by atoms with Crippen LogP contribution in [0.2, 0.25) is 5.02 Å². The Labute approximate surface area is 111 Å².